The van der Waals surface area contributed by atoms with Crippen molar-refractivity contribution in [2.75, 3.05) is 6.61 Å². The molecule has 0 aliphatic heterocycles. The van der Waals surface area contributed by atoms with E-state index < -0.39 is 8.41 Å². The van der Waals surface area contributed by atoms with Crippen LogP contribution in [0.3, 0.4) is 0 Å². The van der Waals surface area contributed by atoms with Crippen molar-refractivity contribution < 1.29 is 13.6 Å². The molecule has 0 spiro atoms. The number of hydrogen-bond acceptors (Lipinski definition) is 2. The van der Waals surface area contributed by atoms with E-state index in [2.05, 4.69) is 0 Å². The van der Waals surface area contributed by atoms with Crippen molar-refractivity contribution in [3.63, 3.8) is 0 Å². The first kappa shape index (κ1) is 11.6. The molecule has 0 aromatic rings. The van der Waals surface area contributed by atoms with Crippen LogP contribution < -0.4 is 0 Å². The lowest BCUT2D eigenvalue weighted by atomic mass is 10.4. The topological polar surface area (TPSA) is 26.3 Å². The minimum absolute atomic E-state index is 0.0171. The van der Waals surface area contributed by atoms with Gasteiger partial charge in [-0.15, -0.1) is 0 Å². The molecule has 0 radical (unpaired) electrons. The molecular formula is C8H17FO2Si. The van der Waals surface area contributed by atoms with E-state index in [1.165, 1.54) is 13.1 Å². The zero-order valence-corrected chi connectivity index (χ0v) is 9.02. The minimum Gasteiger partial charge on any atom is -0.466 e. The van der Waals surface area contributed by atoms with Crippen LogP contribution in [0.5, 0.6) is 0 Å². The van der Waals surface area contributed by atoms with Gasteiger partial charge in [-0.25, -0.2) is 0 Å². The summed E-state index contributed by atoms with van der Waals surface area (Å²) in [5.74, 6) is -0.386. The summed E-state index contributed by atoms with van der Waals surface area (Å²) in [6, 6.07) is -0.0171. The van der Waals surface area contributed by atoms with Gasteiger partial charge in [0.05, 0.1) is 12.7 Å². The Balaban J connectivity index is 3.47. The Kier molecular flexibility index (Phi) is 5.13. The van der Waals surface area contributed by atoms with E-state index in [0.717, 1.165) is 12.8 Å². The average Bonchev–Trinajstić information content (AvgIpc) is 1.84. The standard InChI is InChI=1S/C8H17FO2Si/c1-4-5-6-11-8(10)7-12(2,3)9/h4-7H2,1-3H3. The van der Waals surface area contributed by atoms with E-state index in [1.54, 1.807) is 0 Å². The highest BCUT2D eigenvalue weighted by Gasteiger charge is 2.25. The van der Waals surface area contributed by atoms with E-state index >= 15 is 0 Å². The van der Waals surface area contributed by atoms with Crippen molar-refractivity contribution in [3.05, 3.63) is 0 Å². The van der Waals surface area contributed by atoms with Gasteiger partial charge in [-0.3, -0.25) is 4.79 Å². The summed E-state index contributed by atoms with van der Waals surface area (Å²) in [4.78, 5) is 10.9. The second kappa shape index (κ2) is 5.30. The second-order valence-electron chi connectivity index (χ2n) is 3.47. The Morgan fingerprint density at radius 2 is 2.08 bits per heavy atom. The first-order valence-corrected chi connectivity index (χ1v) is 7.39. The number of carbonyl (C=O) groups is 1. The van der Waals surface area contributed by atoms with Gasteiger partial charge in [0.25, 0.3) is 8.41 Å². The molecule has 0 atom stereocenters. The number of unbranched alkanes of at least 4 members (excludes halogenated alkanes) is 1. The van der Waals surface area contributed by atoms with Crippen molar-refractivity contribution in [1.29, 1.82) is 0 Å². The van der Waals surface area contributed by atoms with Crippen LogP contribution in [-0.4, -0.2) is 21.0 Å². The van der Waals surface area contributed by atoms with Crippen molar-refractivity contribution in [3.8, 4) is 0 Å². The van der Waals surface area contributed by atoms with Crippen LogP contribution in [0.2, 0.25) is 19.1 Å². The van der Waals surface area contributed by atoms with Crippen LogP contribution in [-0.2, 0) is 9.53 Å². The SMILES string of the molecule is CCCCOC(=O)C[Si](C)(C)F. The highest BCUT2D eigenvalue weighted by Crippen LogP contribution is 2.10. The third kappa shape index (κ3) is 7.72. The van der Waals surface area contributed by atoms with Gasteiger partial charge in [-0.05, 0) is 19.5 Å². The normalized spacial score (nSPS) is 11.3. The van der Waals surface area contributed by atoms with Gasteiger partial charge >= 0.3 is 5.97 Å². The minimum atomic E-state index is -2.76. The summed E-state index contributed by atoms with van der Waals surface area (Å²) in [5.41, 5.74) is 0. The van der Waals surface area contributed by atoms with E-state index in [1.807, 2.05) is 6.92 Å². The molecule has 2 nitrogen and oxygen atoms in total. The van der Waals surface area contributed by atoms with Gasteiger partial charge in [0, 0.05) is 0 Å². The summed E-state index contributed by atoms with van der Waals surface area (Å²) >= 11 is 0. The Bertz CT molecular complexity index is 142. The number of carbonyl (C=O) groups excluding carboxylic acids is 1. The molecule has 0 aromatic carbocycles. The summed E-state index contributed by atoms with van der Waals surface area (Å²) in [6.45, 7) is 5.46. The zero-order valence-electron chi connectivity index (χ0n) is 8.02. The molecule has 4 heteroatoms. The van der Waals surface area contributed by atoms with E-state index in [4.69, 9.17) is 4.74 Å². The number of hydrogen-bond donors (Lipinski definition) is 0. The van der Waals surface area contributed by atoms with Gasteiger partial charge in [0.2, 0.25) is 0 Å². The third-order valence-corrected chi connectivity index (χ3v) is 2.46. The Hall–Kier alpha value is -0.383. The Labute approximate surface area is 74.3 Å². The lowest BCUT2D eigenvalue weighted by Gasteiger charge is -2.09. The molecule has 12 heavy (non-hydrogen) atoms. The highest BCUT2D eigenvalue weighted by molar-refractivity contribution is 6.73. The van der Waals surface area contributed by atoms with Crippen molar-refractivity contribution >= 4 is 14.4 Å². The number of rotatable bonds is 5. The first-order valence-electron chi connectivity index (χ1n) is 4.30. The molecule has 0 saturated carbocycles. The van der Waals surface area contributed by atoms with Crippen LogP contribution in [0, 0.1) is 0 Å². The highest BCUT2D eigenvalue weighted by atomic mass is 28.4. The molecule has 0 aliphatic rings. The Morgan fingerprint density at radius 3 is 2.50 bits per heavy atom. The third-order valence-electron chi connectivity index (χ3n) is 1.33. The van der Waals surface area contributed by atoms with Gasteiger partial charge in [-0.2, -0.15) is 0 Å². The monoisotopic (exact) mass is 192 g/mol. The average molecular weight is 192 g/mol. The molecule has 0 unspecified atom stereocenters. The molecular weight excluding hydrogens is 175 g/mol. The molecule has 0 amide bonds. The second-order valence-corrected chi connectivity index (χ2v) is 7.26. The van der Waals surface area contributed by atoms with E-state index in [0.29, 0.717) is 6.61 Å². The van der Waals surface area contributed by atoms with Crippen LogP contribution >= 0.6 is 0 Å². The molecule has 0 aliphatic carbocycles. The van der Waals surface area contributed by atoms with Gasteiger partial charge in [0.1, 0.15) is 0 Å². The fraction of sp³-hybridized carbons (Fsp3) is 0.875. The lowest BCUT2D eigenvalue weighted by Crippen LogP contribution is -2.24. The molecule has 0 aromatic heterocycles. The van der Waals surface area contributed by atoms with Gasteiger partial charge in [0.15, 0.2) is 0 Å². The summed E-state index contributed by atoms with van der Waals surface area (Å²) in [6.07, 6.45) is 1.85. The maximum atomic E-state index is 13.0. The first-order chi connectivity index (χ1) is 5.45. The van der Waals surface area contributed by atoms with E-state index in [9.17, 15) is 8.90 Å². The quantitative estimate of drug-likeness (QED) is 0.289. The summed E-state index contributed by atoms with van der Waals surface area (Å²) in [5, 5.41) is 0. The molecule has 0 fully saturated rings. The largest absolute Gasteiger partial charge is 0.466 e. The molecule has 0 rings (SSSR count). The Morgan fingerprint density at radius 1 is 1.50 bits per heavy atom. The van der Waals surface area contributed by atoms with Gasteiger partial charge in [-0.1, -0.05) is 13.3 Å². The maximum Gasteiger partial charge on any atom is 0.305 e. The summed E-state index contributed by atoms with van der Waals surface area (Å²) < 4.78 is 17.8. The van der Waals surface area contributed by atoms with Crippen LogP contribution in [0.1, 0.15) is 19.8 Å². The predicted molar refractivity (Wildman–Crippen MR) is 49.3 cm³/mol. The molecule has 0 N–H and O–H groups in total. The number of ether oxygens (including phenoxy) is 1. The molecule has 72 valence electrons. The van der Waals surface area contributed by atoms with Crippen LogP contribution in [0.15, 0.2) is 0 Å². The predicted octanol–water partition coefficient (Wildman–Crippen LogP) is 2.50. The van der Waals surface area contributed by atoms with Crippen molar-refractivity contribution in [2.45, 2.75) is 38.9 Å². The fourth-order valence-corrected chi connectivity index (χ4v) is 1.51. The van der Waals surface area contributed by atoms with Crippen LogP contribution in [0.4, 0.5) is 4.11 Å². The van der Waals surface area contributed by atoms with Gasteiger partial charge < -0.3 is 8.84 Å². The lowest BCUT2D eigenvalue weighted by molar-refractivity contribution is -0.141. The number of esters is 1. The fourth-order valence-electron chi connectivity index (χ4n) is 0.725. The molecule has 0 bridgehead atoms. The molecule has 0 saturated heterocycles. The maximum absolute atomic E-state index is 13.0. The van der Waals surface area contributed by atoms with E-state index in [-0.39, 0.29) is 12.0 Å². The van der Waals surface area contributed by atoms with Crippen molar-refractivity contribution in [1.82, 2.24) is 0 Å². The smallest absolute Gasteiger partial charge is 0.305 e. The molecule has 0 heterocycles. The zero-order chi connectivity index (χ0) is 9.61. The number of halogens is 1. The summed E-state index contributed by atoms with van der Waals surface area (Å²) in [7, 11) is -2.76. The van der Waals surface area contributed by atoms with Crippen molar-refractivity contribution in [2.24, 2.45) is 0 Å². The van der Waals surface area contributed by atoms with Crippen LogP contribution in [0.25, 0.3) is 0 Å².